The van der Waals surface area contributed by atoms with Crippen LogP contribution in [0.15, 0.2) is 23.0 Å². The van der Waals surface area contributed by atoms with Gasteiger partial charge in [0.15, 0.2) is 11.6 Å². The predicted octanol–water partition coefficient (Wildman–Crippen LogP) is 2.07. The average molecular weight is 194 g/mol. The molecule has 1 aromatic carbocycles. The Labute approximate surface area is 81.3 Å². The number of ether oxygens (including phenoxy) is 1. The van der Waals surface area contributed by atoms with Crippen LogP contribution in [-0.2, 0) is 0 Å². The fourth-order valence-corrected chi connectivity index (χ4v) is 1.55. The molecule has 1 aliphatic carbocycles. The monoisotopic (exact) mass is 194 g/mol. The molecular weight excluding hydrogens is 183 g/mol. The van der Waals surface area contributed by atoms with Crippen LogP contribution in [0.25, 0.3) is 0 Å². The lowest BCUT2D eigenvalue weighted by Crippen LogP contribution is -2.08. The molecule has 0 spiro atoms. The molecule has 2 nitrogen and oxygen atoms in total. The zero-order chi connectivity index (χ0) is 10.1. The van der Waals surface area contributed by atoms with Gasteiger partial charge in [0, 0.05) is 5.56 Å². The van der Waals surface area contributed by atoms with Crippen LogP contribution in [0, 0.1) is 5.82 Å². The van der Waals surface area contributed by atoms with Gasteiger partial charge in [-0.15, -0.1) is 0 Å². The molecule has 0 saturated heterocycles. The Morgan fingerprint density at radius 1 is 1.43 bits per heavy atom. The number of halogens is 1. The lowest BCUT2D eigenvalue weighted by atomic mass is 10.1. The molecule has 1 aromatic rings. The van der Waals surface area contributed by atoms with E-state index in [-0.39, 0.29) is 5.75 Å². The maximum absolute atomic E-state index is 13.1. The van der Waals surface area contributed by atoms with E-state index in [4.69, 9.17) is 4.74 Å². The molecule has 0 aliphatic heterocycles. The van der Waals surface area contributed by atoms with Crippen LogP contribution in [0.1, 0.15) is 24.3 Å². The molecule has 1 fully saturated rings. The highest BCUT2D eigenvalue weighted by molar-refractivity contribution is 5.37. The molecule has 0 radical (unpaired) electrons. The van der Waals surface area contributed by atoms with Crippen LogP contribution < -0.4 is 10.2 Å². The fourth-order valence-electron chi connectivity index (χ4n) is 1.55. The first-order valence-corrected chi connectivity index (χ1v) is 4.60. The Morgan fingerprint density at radius 2 is 2.14 bits per heavy atom. The molecule has 0 bridgehead atoms. The van der Waals surface area contributed by atoms with E-state index in [2.05, 4.69) is 0 Å². The molecule has 3 heteroatoms. The zero-order valence-corrected chi connectivity index (χ0v) is 7.92. The molecule has 0 aromatic heterocycles. The first-order chi connectivity index (χ1) is 6.74. The zero-order valence-electron chi connectivity index (χ0n) is 7.92. The molecule has 74 valence electrons. The molecular formula is C11H11FO2. The van der Waals surface area contributed by atoms with Gasteiger partial charge in [0.25, 0.3) is 5.43 Å². The van der Waals surface area contributed by atoms with Crippen LogP contribution in [0.4, 0.5) is 4.39 Å². The summed E-state index contributed by atoms with van der Waals surface area (Å²) in [4.78, 5) is 11.5. The Hall–Kier alpha value is -1.38. The summed E-state index contributed by atoms with van der Waals surface area (Å²) in [6.07, 6.45) is 2.11. The van der Waals surface area contributed by atoms with Crippen molar-refractivity contribution in [2.75, 3.05) is 7.11 Å². The minimum Gasteiger partial charge on any atom is -0.492 e. The maximum atomic E-state index is 13.1. The van der Waals surface area contributed by atoms with Crippen molar-refractivity contribution in [1.29, 1.82) is 0 Å². The summed E-state index contributed by atoms with van der Waals surface area (Å²) in [5, 5.41) is 0. The second-order valence-electron chi connectivity index (χ2n) is 3.47. The summed E-state index contributed by atoms with van der Waals surface area (Å²) in [7, 11) is 1.40. The molecule has 0 N–H and O–H groups in total. The van der Waals surface area contributed by atoms with E-state index in [0.29, 0.717) is 5.92 Å². The van der Waals surface area contributed by atoms with Crippen molar-refractivity contribution in [3.8, 4) is 5.75 Å². The van der Waals surface area contributed by atoms with Crippen molar-refractivity contribution in [3.63, 3.8) is 0 Å². The second kappa shape index (κ2) is 3.40. The van der Waals surface area contributed by atoms with Gasteiger partial charge in [-0.3, -0.25) is 4.79 Å². The van der Waals surface area contributed by atoms with Crippen molar-refractivity contribution in [2.24, 2.45) is 0 Å². The maximum Gasteiger partial charge on any atom is 0.256 e. The van der Waals surface area contributed by atoms with Crippen molar-refractivity contribution in [1.82, 2.24) is 0 Å². The van der Waals surface area contributed by atoms with Gasteiger partial charge in [-0.05, 0) is 24.8 Å². The Balaban J connectivity index is 2.66. The van der Waals surface area contributed by atoms with Crippen LogP contribution >= 0.6 is 0 Å². The summed E-state index contributed by atoms with van der Waals surface area (Å²) in [6, 6.07) is 4.50. The van der Waals surface area contributed by atoms with Crippen LogP contribution in [-0.4, -0.2) is 7.11 Å². The van der Waals surface area contributed by atoms with E-state index in [0.717, 1.165) is 18.4 Å². The van der Waals surface area contributed by atoms with Crippen molar-refractivity contribution in [3.05, 3.63) is 39.8 Å². The van der Waals surface area contributed by atoms with Gasteiger partial charge in [-0.2, -0.15) is 0 Å². The van der Waals surface area contributed by atoms with Crippen molar-refractivity contribution >= 4 is 0 Å². The molecule has 2 rings (SSSR count). The topological polar surface area (TPSA) is 26.3 Å². The molecule has 0 unspecified atom stereocenters. The summed E-state index contributed by atoms with van der Waals surface area (Å²) < 4.78 is 18.0. The third-order valence-electron chi connectivity index (χ3n) is 2.42. The Morgan fingerprint density at radius 3 is 2.71 bits per heavy atom. The SMILES string of the molecule is COc1c(C2CC2)cccc(F)c1=O. The average Bonchev–Trinajstić information content (AvgIpc) is 2.97. The molecule has 0 heterocycles. The van der Waals surface area contributed by atoms with Gasteiger partial charge in [-0.1, -0.05) is 12.1 Å². The highest BCUT2D eigenvalue weighted by atomic mass is 19.1. The summed E-state index contributed by atoms with van der Waals surface area (Å²) in [5.74, 6) is -0.215. The third kappa shape index (κ3) is 1.50. The molecule has 1 aliphatic rings. The predicted molar refractivity (Wildman–Crippen MR) is 51.2 cm³/mol. The quantitative estimate of drug-likeness (QED) is 0.720. The highest BCUT2D eigenvalue weighted by Crippen LogP contribution is 2.42. The number of rotatable bonds is 2. The van der Waals surface area contributed by atoms with Gasteiger partial charge >= 0.3 is 0 Å². The third-order valence-corrected chi connectivity index (χ3v) is 2.42. The standard InChI is InChI=1S/C11H11FO2/c1-14-11-8(7-5-6-7)3-2-4-9(12)10(11)13/h2-4,7H,5-6H2,1H3. The number of methoxy groups -OCH3 is 1. The normalized spacial score (nSPS) is 15.3. The van der Waals surface area contributed by atoms with Crippen LogP contribution in [0.3, 0.4) is 0 Å². The first kappa shape index (κ1) is 9.19. The minimum absolute atomic E-state index is 0.162. The van der Waals surface area contributed by atoms with E-state index in [1.54, 1.807) is 12.1 Å². The van der Waals surface area contributed by atoms with Gasteiger partial charge in [0.2, 0.25) is 0 Å². The van der Waals surface area contributed by atoms with Crippen molar-refractivity contribution < 1.29 is 9.13 Å². The number of hydrogen-bond acceptors (Lipinski definition) is 2. The van der Waals surface area contributed by atoms with Gasteiger partial charge in [0.05, 0.1) is 7.11 Å². The smallest absolute Gasteiger partial charge is 0.256 e. The molecule has 14 heavy (non-hydrogen) atoms. The number of hydrogen-bond donors (Lipinski definition) is 0. The first-order valence-electron chi connectivity index (χ1n) is 4.60. The van der Waals surface area contributed by atoms with Gasteiger partial charge < -0.3 is 4.74 Å². The summed E-state index contributed by atoms with van der Waals surface area (Å²) in [6.45, 7) is 0. The minimum atomic E-state index is -0.756. The fraction of sp³-hybridized carbons (Fsp3) is 0.364. The lowest BCUT2D eigenvalue weighted by molar-refractivity contribution is 0.402. The largest absolute Gasteiger partial charge is 0.492 e. The molecule has 1 saturated carbocycles. The van der Waals surface area contributed by atoms with E-state index < -0.39 is 11.2 Å². The van der Waals surface area contributed by atoms with E-state index in [1.807, 2.05) is 0 Å². The van der Waals surface area contributed by atoms with Gasteiger partial charge in [-0.25, -0.2) is 4.39 Å². The van der Waals surface area contributed by atoms with Crippen LogP contribution in [0.5, 0.6) is 5.75 Å². The lowest BCUT2D eigenvalue weighted by Gasteiger charge is -2.01. The Bertz CT molecular complexity index is 411. The van der Waals surface area contributed by atoms with E-state index in [9.17, 15) is 9.18 Å². The van der Waals surface area contributed by atoms with Crippen LogP contribution in [0.2, 0.25) is 0 Å². The summed E-state index contributed by atoms with van der Waals surface area (Å²) in [5.41, 5.74) is 0.195. The highest BCUT2D eigenvalue weighted by Gasteiger charge is 2.27. The van der Waals surface area contributed by atoms with Crippen molar-refractivity contribution in [2.45, 2.75) is 18.8 Å². The van der Waals surface area contributed by atoms with E-state index >= 15 is 0 Å². The molecule has 0 amide bonds. The van der Waals surface area contributed by atoms with E-state index in [1.165, 1.54) is 13.2 Å². The Kier molecular flexibility index (Phi) is 2.23. The molecule has 0 atom stereocenters. The second-order valence-corrected chi connectivity index (χ2v) is 3.47. The summed E-state index contributed by atoms with van der Waals surface area (Å²) >= 11 is 0. The van der Waals surface area contributed by atoms with Gasteiger partial charge in [0.1, 0.15) is 0 Å².